The molecule has 2 aliphatic heterocycles. The number of methoxy groups -OCH3 is 1. The van der Waals surface area contributed by atoms with Crippen molar-refractivity contribution in [2.45, 2.75) is 180 Å². The zero-order chi connectivity index (χ0) is 42.2. The highest BCUT2D eigenvalue weighted by atomic mass is 16.7. The highest BCUT2D eigenvalue weighted by molar-refractivity contribution is 5.33. The van der Waals surface area contributed by atoms with Crippen molar-refractivity contribution in [1.29, 1.82) is 0 Å². The van der Waals surface area contributed by atoms with E-state index in [1.807, 2.05) is 13.8 Å². The van der Waals surface area contributed by atoms with E-state index in [1.165, 1.54) is 5.57 Å². The molecule has 14 nitrogen and oxygen atoms in total. The van der Waals surface area contributed by atoms with Crippen molar-refractivity contribution < 1.29 is 69.6 Å². The van der Waals surface area contributed by atoms with Gasteiger partial charge in [-0.15, -0.1) is 0 Å². The smallest absolute Gasteiger partial charge is 0.187 e. The van der Waals surface area contributed by atoms with Crippen molar-refractivity contribution in [2.75, 3.05) is 20.3 Å². The van der Waals surface area contributed by atoms with E-state index < -0.39 is 92.2 Å². The molecular weight excluding hydrogens is 740 g/mol. The largest absolute Gasteiger partial charge is 0.394 e. The number of aliphatic hydroxyl groups excluding tert-OH is 9. The van der Waals surface area contributed by atoms with Crippen LogP contribution in [-0.4, -0.2) is 152 Å². The van der Waals surface area contributed by atoms with E-state index in [2.05, 4.69) is 47.6 Å². The van der Waals surface area contributed by atoms with E-state index in [4.69, 9.17) is 23.7 Å². The van der Waals surface area contributed by atoms with Crippen molar-refractivity contribution in [1.82, 2.24) is 0 Å². The van der Waals surface area contributed by atoms with Crippen LogP contribution in [0.3, 0.4) is 0 Å². The van der Waals surface area contributed by atoms with Gasteiger partial charge in [0.1, 0.15) is 54.9 Å². The van der Waals surface area contributed by atoms with Gasteiger partial charge in [0, 0.05) is 18.4 Å². The number of ether oxygens (including phenoxy) is 5. The van der Waals surface area contributed by atoms with Gasteiger partial charge in [-0.1, -0.05) is 64.8 Å². The molecular formula is C43H72O14. The molecule has 21 atom stereocenters. The van der Waals surface area contributed by atoms with Gasteiger partial charge >= 0.3 is 0 Å². The Kier molecular flexibility index (Phi) is 13.3. The second-order valence-electron chi connectivity index (χ2n) is 19.9. The third-order valence-electron chi connectivity index (χ3n) is 16.4. The molecule has 2 heterocycles. The van der Waals surface area contributed by atoms with Gasteiger partial charge in [0.05, 0.1) is 31.5 Å². The summed E-state index contributed by atoms with van der Waals surface area (Å²) in [4.78, 5) is 0. The number of fused-ring (bicyclic) bond motifs is 5. The highest BCUT2D eigenvalue weighted by Gasteiger charge is 2.70. The Bertz CT molecular complexity index is 1460. The van der Waals surface area contributed by atoms with Crippen LogP contribution in [0.25, 0.3) is 0 Å². The van der Waals surface area contributed by atoms with Crippen LogP contribution in [0.15, 0.2) is 23.3 Å². The maximum absolute atomic E-state index is 12.2. The fourth-order valence-corrected chi connectivity index (χ4v) is 12.8. The first-order chi connectivity index (χ1) is 26.6. The molecule has 328 valence electrons. The van der Waals surface area contributed by atoms with Crippen molar-refractivity contribution in [3.05, 3.63) is 23.3 Å². The highest BCUT2D eigenvalue weighted by Crippen LogP contribution is 2.75. The van der Waals surface area contributed by atoms with Gasteiger partial charge in [-0.25, -0.2) is 0 Å². The molecule has 0 aromatic heterocycles. The Morgan fingerprint density at radius 1 is 0.789 bits per heavy atom. The molecule has 0 aromatic rings. The summed E-state index contributed by atoms with van der Waals surface area (Å²) in [7, 11) is 1.77. The van der Waals surface area contributed by atoms with Gasteiger partial charge < -0.3 is 69.6 Å². The summed E-state index contributed by atoms with van der Waals surface area (Å²) in [6.45, 7) is 16.3. The molecule has 0 spiro atoms. The minimum Gasteiger partial charge on any atom is -0.394 e. The molecule has 14 heteroatoms. The average molecular weight is 813 g/mol. The number of hydrogen-bond acceptors (Lipinski definition) is 14. The quantitative estimate of drug-likeness (QED) is 0.135. The molecule has 5 unspecified atom stereocenters. The van der Waals surface area contributed by atoms with Crippen LogP contribution in [0.4, 0.5) is 0 Å². The van der Waals surface area contributed by atoms with Crippen LogP contribution in [0.5, 0.6) is 0 Å². The minimum atomic E-state index is -1.59. The summed E-state index contributed by atoms with van der Waals surface area (Å²) in [6.07, 6.45) is -7.08. The predicted molar refractivity (Wildman–Crippen MR) is 207 cm³/mol. The number of allylic oxidation sites excluding steroid dienone is 1. The molecule has 0 amide bonds. The molecule has 4 aliphatic carbocycles. The summed E-state index contributed by atoms with van der Waals surface area (Å²) in [6, 6.07) is 0. The SMILES string of the molecule is CO[C@@H]1C=C2C(CC[C@@H](O[C@H]3O[C@@H](CO)[C@H](O)[C@H](O)[C@@H]3O)C2(C)C)[C@@]2(C)CC[C@@]3(C)C([C@@H](C)C(O)C(C=C(C)C)O[C@H]4O[C@@H](CO)[C@H](O)[C@H](O)[C@@H]4O)CC[C@]3(C)C12. The minimum absolute atomic E-state index is 0.107. The maximum atomic E-state index is 12.2. The zero-order valence-corrected chi connectivity index (χ0v) is 35.3. The first-order valence-corrected chi connectivity index (χ1v) is 21.1. The van der Waals surface area contributed by atoms with Gasteiger partial charge in [-0.2, -0.15) is 0 Å². The third kappa shape index (κ3) is 7.43. The van der Waals surface area contributed by atoms with E-state index >= 15 is 0 Å². The lowest BCUT2D eigenvalue weighted by Gasteiger charge is -2.67. The second-order valence-corrected chi connectivity index (χ2v) is 19.9. The summed E-state index contributed by atoms with van der Waals surface area (Å²) in [5.41, 5.74) is 1.16. The Morgan fingerprint density at radius 3 is 1.93 bits per heavy atom. The van der Waals surface area contributed by atoms with Gasteiger partial charge in [-0.05, 0) is 86.4 Å². The standard InChI is InChI=1S/C43H72O14/c1-20(2)16-25(54-38-35(51)33(49)31(47)27(18-44)55-38)30(46)21(3)22-12-13-43(8)37-26(53-9)17-24-23(41(37,6)14-15-42(22,43)7)10-11-29(40(24,4)5)57-39-36(52)34(50)32(48)28(19-45)56-39/h16-17,21-23,25-39,44-52H,10-15,18-19H2,1-9H3/t21-,22?,23?,25?,26-,27+,28+,29-,30?,31+,32+,33+,34+,35+,36+,37?,38+,39-,41-,42+,43-/m1/s1. The topological polar surface area (TPSA) is 228 Å². The van der Waals surface area contributed by atoms with Gasteiger partial charge in [0.15, 0.2) is 12.6 Å². The van der Waals surface area contributed by atoms with Crippen molar-refractivity contribution >= 4 is 0 Å². The monoisotopic (exact) mass is 812 g/mol. The van der Waals surface area contributed by atoms with E-state index in [0.29, 0.717) is 6.42 Å². The van der Waals surface area contributed by atoms with Crippen LogP contribution in [0.2, 0.25) is 0 Å². The molecule has 6 rings (SSSR count). The summed E-state index contributed by atoms with van der Waals surface area (Å²) >= 11 is 0. The lowest BCUT2D eigenvalue weighted by atomic mass is 9.38. The number of hydrogen-bond donors (Lipinski definition) is 9. The fourth-order valence-electron chi connectivity index (χ4n) is 12.8. The Balaban J connectivity index is 1.25. The molecule has 0 aromatic carbocycles. The van der Waals surface area contributed by atoms with Crippen molar-refractivity contribution in [2.24, 2.45) is 45.3 Å². The normalized spacial score (nSPS) is 49.8. The first-order valence-electron chi connectivity index (χ1n) is 21.1. The van der Waals surface area contributed by atoms with Gasteiger partial charge in [-0.3, -0.25) is 0 Å². The molecule has 0 bridgehead atoms. The van der Waals surface area contributed by atoms with Gasteiger partial charge in [0.2, 0.25) is 0 Å². The Labute approximate surface area is 337 Å². The summed E-state index contributed by atoms with van der Waals surface area (Å²) in [5.74, 6) is 0.261. The lowest BCUT2D eigenvalue weighted by Crippen LogP contribution is -2.64. The van der Waals surface area contributed by atoms with Crippen LogP contribution >= 0.6 is 0 Å². The average Bonchev–Trinajstić information content (AvgIpc) is 3.44. The molecule has 9 N–H and O–H groups in total. The predicted octanol–water partition coefficient (Wildman–Crippen LogP) is 1.55. The van der Waals surface area contributed by atoms with Crippen LogP contribution in [0.1, 0.15) is 93.9 Å². The zero-order valence-electron chi connectivity index (χ0n) is 35.3. The molecule has 57 heavy (non-hydrogen) atoms. The van der Waals surface area contributed by atoms with E-state index in [1.54, 1.807) is 13.2 Å². The molecule has 6 aliphatic rings. The molecule has 5 fully saturated rings. The lowest BCUT2D eigenvalue weighted by molar-refractivity contribution is -0.320. The van der Waals surface area contributed by atoms with Crippen molar-refractivity contribution in [3.63, 3.8) is 0 Å². The van der Waals surface area contributed by atoms with Gasteiger partial charge in [0.25, 0.3) is 0 Å². The Hall–Kier alpha value is -1.08. The molecule has 0 radical (unpaired) electrons. The summed E-state index contributed by atoms with van der Waals surface area (Å²) in [5, 5.41) is 94.9. The van der Waals surface area contributed by atoms with Crippen LogP contribution in [0, 0.1) is 45.3 Å². The van der Waals surface area contributed by atoms with E-state index in [9.17, 15) is 46.0 Å². The maximum Gasteiger partial charge on any atom is 0.187 e. The summed E-state index contributed by atoms with van der Waals surface area (Å²) < 4.78 is 30.6. The van der Waals surface area contributed by atoms with Crippen molar-refractivity contribution in [3.8, 4) is 0 Å². The molecule has 3 saturated carbocycles. The number of rotatable bonds is 11. The number of aliphatic hydroxyl groups is 9. The molecule has 2 saturated heterocycles. The second kappa shape index (κ2) is 16.7. The third-order valence-corrected chi connectivity index (χ3v) is 16.4. The Morgan fingerprint density at radius 2 is 1.37 bits per heavy atom. The van der Waals surface area contributed by atoms with Crippen LogP contribution < -0.4 is 0 Å². The first kappa shape index (κ1) is 45.4. The van der Waals surface area contributed by atoms with Crippen LogP contribution in [-0.2, 0) is 23.7 Å². The fraction of sp³-hybridized carbons (Fsp3) is 0.907. The van der Waals surface area contributed by atoms with E-state index in [-0.39, 0.29) is 52.1 Å². The van der Waals surface area contributed by atoms with E-state index in [0.717, 1.165) is 37.7 Å².